The van der Waals surface area contributed by atoms with Crippen molar-refractivity contribution in [2.45, 2.75) is 6.92 Å². The average Bonchev–Trinajstić information content (AvgIpc) is 2.41. The number of urea groups is 1. The zero-order valence-corrected chi connectivity index (χ0v) is 10.6. The number of carbonyl (C=O) groups is 2. The fourth-order valence-electron chi connectivity index (χ4n) is 1.55. The first-order valence-electron chi connectivity index (χ1n) is 5.75. The molecule has 0 spiro atoms. The number of amides is 2. The number of nitrogens with zero attached hydrogens (tertiary/aromatic N) is 2. The van der Waals surface area contributed by atoms with Gasteiger partial charge in [0.05, 0.1) is 17.6 Å². The van der Waals surface area contributed by atoms with Crippen molar-refractivity contribution in [3.8, 4) is 0 Å². The molecule has 3 N–H and O–H groups in total. The summed E-state index contributed by atoms with van der Waals surface area (Å²) >= 11 is 0. The van der Waals surface area contributed by atoms with Crippen LogP contribution in [0, 0.1) is 6.92 Å². The molecule has 0 saturated carbocycles. The highest BCUT2D eigenvalue weighted by atomic mass is 16.4. The van der Waals surface area contributed by atoms with E-state index in [1.807, 2.05) is 6.92 Å². The maximum absolute atomic E-state index is 11.8. The van der Waals surface area contributed by atoms with Crippen LogP contribution in [0.4, 0.5) is 16.2 Å². The SMILES string of the molecule is Cc1ccncc1NC(=O)Nc1cccnc1C(=O)O. The molecule has 0 aromatic carbocycles. The Labute approximate surface area is 114 Å². The van der Waals surface area contributed by atoms with Gasteiger partial charge in [-0.25, -0.2) is 14.6 Å². The third-order valence-corrected chi connectivity index (χ3v) is 2.55. The van der Waals surface area contributed by atoms with Crippen molar-refractivity contribution >= 4 is 23.4 Å². The summed E-state index contributed by atoms with van der Waals surface area (Å²) in [5, 5.41) is 14.0. The van der Waals surface area contributed by atoms with E-state index in [0.717, 1.165) is 5.56 Å². The molecular weight excluding hydrogens is 260 g/mol. The van der Waals surface area contributed by atoms with Crippen molar-refractivity contribution < 1.29 is 14.7 Å². The fourth-order valence-corrected chi connectivity index (χ4v) is 1.55. The molecule has 20 heavy (non-hydrogen) atoms. The van der Waals surface area contributed by atoms with E-state index in [9.17, 15) is 9.59 Å². The number of rotatable bonds is 3. The molecule has 0 saturated heterocycles. The maximum atomic E-state index is 11.8. The summed E-state index contributed by atoms with van der Waals surface area (Å²) in [7, 11) is 0. The van der Waals surface area contributed by atoms with Gasteiger partial charge in [-0.3, -0.25) is 4.98 Å². The summed E-state index contributed by atoms with van der Waals surface area (Å²) < 4.78 is 0. The van der Waals surface area contributed by atoms with Crippen LogP contribution in [-0.4, -0.2) is 27.1 Å². The smallest absolute Gasteiger partial charge is 0.356 e. The number of pyridine rings is 2. The summed E-state index contributed by atoms with van der Waals surface area (Å²) in [6.45, 7) is 1.82. The first-order chi connectivity index (χ1) is 9.58. The van der Waals surface area contributed by atoms with Gasteiger partial charge in [0.2, 0.25) is 0 Å². The van der Waals surface area contributed by atoms with Crippen molar-refractivity contribution in [2.24, 2.45) is 0 Å². The number of hydrogen-bond donors (Lipinski definition) is 3. The Morgan fingerprint density at radius 3 is 2.60 bits per heavy atom. The lowest BCUT2D eigenvalue weighted by molar-refractivity contribution is 0.0692. The highest BCUT2D eigenvalue weighted by Crippen LogP contribution is 2.14. The van der Waals surface area contributed by atoms with Gasteiger partial charge in [-0.2, -0.15) is 0 Å². The molecular formula is C13H12N4O3. The molecule has 0 atom stereocenters. The van der Waals surface area contributed by atoms with Crippen LogP contribution in [0.25, 0.3) is 0 Å². The number of anilines is 2. The normalized spacial score (nSPS) is 9.85. The van der Waals surface area contributed by atoms with Crippen molar-refractivity contribution in [3.63, 3.8) is 0 Å². The lowest BCUT2D eigenvalue weighted by Crippen LogP contribution is -2.22. The van der Waals surface area contributed by atoms with Crippen LogP contribution in [0.2, 0.25) is 0 Å². The Bertz CT molecular complexity index is 658. The van der Waals surface area contributed by atoms with E-state index in [1.54, 1.807) is 12.3 Å². The number of carboxylic acid groups (broad SMARTS) is 1. The van der Waals surface area contributed by atoms with Crippen LogP contribution in [0.5, 0.6) is 0 Å². The lowest BCUT2D eigenvalue weighted by atomic mass is 10.2. The number of aromatic carboxylic acids is 1. The van der Waals surface area contributed by atoms with Crippen LogP contribution in [-0.2, 0) is 0 Å². The topological polar surface area (TPSA) is 104 Å². The Hall–Kier alpha value is -2.96. The average molecular weight is 272 g/mol. The second-order valence-corrected chi connectivity index (χ2v) is 3.97. The highest BCUT2D eigenvalue weighted by molar-refractivity contribution is 6.03. The first-order valence-corrected chi connectivity index (χ1v) is 5.75. The summed E-state index contributed by atoms with van der Waals surface area (Å²) in [6.07, 6.45) is 4.47. The van der Waals surface area contributed by atoms with Gasteiger partial charge >= 0.3 is 12.0 Å². The highest BCUT2D eigenvalue weighted by Gasteiger charge is 2.13. The quantitative estimate of drug-likeness (QED) is 0.793. The molecule has 0 radical (unpaired) electrons. The van der Waals surface area contributed by atoms with Gasteiger partial charge in [0, 0.05) is 12.4 Å². The van der Waals surface area contributed by atoms with Crippen LogP contribution in [0.1, 0.15) is 16.1 Å². The van der Waals surface area contributed by atoms with E-state index >= 15 is 0 Å². The Balaban J connectivity index is 2.13. The van der Waals surface area contributed by atoms with E-state index in [4.69, 9.17) is 5.11 Å². The van der Waals surface area contributed by atoms with E-state index in [-0.39, 0.29) is 11.4 Å². The van der Waals surface area contributed by atoms with Gasteiger partial charge in [0.15, 0.2) is 5.69 Å². The molecule has 7 nitrogen and oxygen atoms in total. The molecule has 2 heterocycles. The second-order valence-electron chi connectivity index (χ2n) is 3.97. The van der Waals surface area contributed by atoms with Gasteiger partial charge in [-0.05, 0) is 30.7 Å². The molecule has 2 aromatic heterocycles. The number of aryl methyl sites for hydroxylation is 1. The molecule has 0 aliphatic carbocycles. The van der Waals surface area contributed by atoms with Gasteiger partial charge in [0.1, 0.15) is 0 Å². The maximum Gasteiger partial charge on any atom is 0.356 e. The Morgan fingerprint density at radius 1 is 1.15 bits per heavy atom. The van der Waals surface area contributed by atoms with Crippen molar-refractivity contribution in [1.29, 1.82) is 0 Å². The molecule has 102 valence electrons. The van der Waals surface area contributed by atoms with Crippen LogP contribution >= 0.6 is 0 Å². The molecule has 0 unspecified atom stereocenters. The predicted molar refractivity (Wildman–Crippen MR) is 72.8 cm³/mol. The summed E-state index contributed by atoms with van der Waals surface area (Å²) in [6, 6.07) is 4.20. The van der Waals surface area contributed by atoms with Crippen molar-refractivity contribution in [2.75, 3.05) is 10.6 Å². The molecule has 2 rings (SSSR count). The van der Waals surface area contributed by atoms with E-state index in [2.05, 4.69) is 20.6 Å². The predicted octanol–water partition coefficient (Wildman–Crippen LogP) is 2.13. The minimum Gasteiger partial charge on any atom is -0.476 e. The second kappa shape index (κ2) is 5.79. The van der Waals surface area contributed by atoms with E-state index < -0.39 is 12.0 Å². The monoisotopic (exact) mass is 272 g/mol. The first kappa shape index (κ1) is 13.5. The van der Waals surface area contributed by atoms with Crippen molar-refractivity contribution in [1.82, 2.24) is 9.97 Å². The number of hydrogen-bond acceptors (Lipinski definition) is 4. The van der Waals surface area contributed by atoms with Gasteiger partial charge in [0.25, 0.3) is 0 Å². The summed E-state index contributed by atoms with van der Waals surface area (Å²) in [5.41, 5.74) is 1.30. The van der Waals surface area contributed by atoms with Crippen LogP contribution < -0.4 is 10.6 Å². The molecule has 7 heteroatoms. The Kier molecular flexibility index (Phi) is 3.90. The fraction of sp³-hybridized carbons (Fsp3) is 0.0769. The molecule has 2 amide bonds. The number of carboxylic acids is 1. The minimum atomic E-state index is -1.21. The number of carbonyl (C=O) groups excluding carboxylic acids is 1. The van der Waals surface area contributed by atoms with Crippen LogP contribution in [0.3, 0.4) is 0 Å². The molecule has 0 fully saturated rings. The Morgan fingerprint density at radius 2 is 1.90 bits per heavy atom. The third-order valence-electron chi connectivity index (χ3n) is 2.55. The van der Waals surface area contributed by atoms with Gasteiger partial charge < -0.3 is 15.7 Å². The molecule has 2 aromatic rings. The summed E-state index contributed by atoms with van der Waals surface area (Å²) in [4.78, 5) is 30.4. The van der Waals surface area contributed by atoms with E-state index in [1.165, 1.54) is 24.5 Å². The van der Waals surface area contributed by atoms with Gasteiger partial charge in [-0.15, -0.1) is 0 Å². The molecule has 0 aliphatic rings. The number of nitrogens with one attached hydrogen (secondary N) is 2. The zero-order valence-electron chi connectivity index (χ0n) is 10.6. The summed E-state index contributed by atoms with van der Waals surface area (Å²) in [5.74, 6) is -1.21. The van der Waals surface area contributed by atoms with Crippen molar-refractivity contribution in [3.05, 3.63) is 48.0 Å². The zero-order chi connectivity index (χ0) is 14.5. The third kappa shape index (κ3) is 3.08. The molecule has 0 bridgehead atoms. The largest absolute Gasteiger partial charge is 0.476 e. The molecule has 0 aliphatic heterocycles. The minimum absolute atomic E-state index is 0.124. The standard InChI is InChI=1S/C13H12N4O3/c1-8-4-6-14-7-10(8)17-13(20)16-9-3-2-5-15-11(9)12(18)19/h2-7H,1H3,(H,18,19)(H2,16,17,20). The van der Waals surface area contributed by atoms with E-state index in [0.29, 0.717) is 5.69 Å². The lowest BCUT2D eigenvalue weighted by Gasteiger charge is -2.10. The van der Waals surface area contributed by atoms with Gasteiger partial charge in [-0.1, -0.05) is 0 Å². The van der Waals surface area contributed by atoms with Crippen LogP contribution in [0.15, 0.2) is 36.8 Å². The number of aromatic nitrogens is 2.